The number of likely N-dealkylation sites (tertiary alicyclic amines) is 1. The van der Waals surface area contributed by atoms with Gasteiger partial charge in [0.25, 0.3) is 0 Å². The van der Waals surface area contributed by atoms with Gasteiger partial charge < -0.3 is 25.4 Å². The second-order valence-corrected chi connectivity index (χ2v) is 10.4. The van der Waals surface area contributed by atoms with E-state index in [9.17, 15) is 19.5 Å². The van der Waals surface area contributed by atoms with Crippen molar-refractivity contribution in [3.8, 4) is 5.75 Å². The van der Waals surface area contributed by atoms with Crippen LogP contribution in [0.5, 0.6) is 5.75 Å². The van der Waals surface area contributed by atoms with Gasteiger partial charge in [0.2, 0.25) is 11.8 Å². The Morgan fingerprint density at radius 1 is 1.05 bits per heavy atom. The molecule has 0 unspecified atom stereocenters. The smallest absolute Gasteiger partial charge is 0.305 e. The molecule has 2 atom stereocenters. The SMILES string of the molecule is O=C(O)C[C@H](NC(=O)[C@@H]1CCCN(C(=O)CCC2CCNCC2)C1)c1cccc(OCc2ccccc2)c1. The van der Waals surface area contributed by atoms with E-state index in [1.54, 1.807) is 18.2 Å². The third kappa shape index (κ3) is 8.31. The number of carboxylic acid groups (broad SMARTS) is 1. The van der Waals surface area contributed by atoms with E-state index in [1.165, 1.54) is 0 Å². The van der Waals surface area contributed by atoms with E-state index < -0.39 is 12.0 Å². The molecule has 2 aromatic rings. The highest BCUT2D eigenvalue weighted by Crippen LogP contribution is 2.26. The zero-order valence-electron chi connectivity index (χ0n) is 21.9. The van der Waals surface area contributed by atoms with Crippen LogP contribution in [-0.2, 0) is 21.0 Å². The summed E-state index contributed by atoms with van der Waals surface area (Å²) < 4.78 is 5.91. The summed E-state index contributed by atoms with van der Waals surface area (Å²) in [6, 6.07) is 16.3. The molecule has 2 aliphatic rings. The Kier molecular flexibility index (Phi) is 10.1. The maximum absolute atomic E-state index is 13.3. The highest BCUT2D eigenvalue weighted by Gasteiger charge is 2.30. The Labute approximate surface area is 224 Å². The number of hydrogen-bond donors (Lipinski definition) is 3. The third-order valence-electron chi connectivity index (χ3n) is 7.57. The minimum absolute atomic E-state index is 0.117. The largest absolute Gasteiger partial charge is 0.489 e. The predicted molar refractivity (Wildman–Crippen MR) is 144 cm³/mol. The van der Waals surface area contributed by atoms with Crippen molar-refractivity contribution in [2.24, 2.45) is 11.8 Å². The number of ether oxygens (including phenoxy) is 1. The van der Waals surface area contributed by atoms with Crippen molar-refractivity contribution in [1.29, 1.82) is 0 Å². The van der Waals surface area contributed by atoms with Gasteiger partial charge in [0.15, 0.2) is 0 Å². The third-order valence-corrected chi connectivity index (χ3v) is 7.57. The molecule has 3 N–H and O–H groups in total. The van der Waals surface area contributed by atoms with Crippen molar-refractivity contribution in [1.82, 2.24) is 15.5 Å². The van der Waals surface area contributed by atoms with Crippen LogP contribution in [0.3, 0.4) is 0 Å². The maximum Gasteiger partial charge on any atom is 0.305 e. The van der Waals surface area contributed by atoms with Gasteiger partial charge >= 0.3 is 5.97 Å². The summed E-state index contributed by atoms with van der Waals surface area (Å²) >= 11 is 0. The number of carbonyl (C=O) groups excluding carboxylic acids is 2. The van der Waals surface area contributed by atoms with Crippen molar-refractivity contribution >= 4 is 17.8 Å². The molecule has 204 valence electrons. The van der Waals surface area contributed by atoms with Crippen LogP contribution < -0.4 is 15.4 Å². The van der Waals surface area contributed by atoms with Crippen LogP contribution in [0.25, 0.3) is 0 Å². The fourth-order valence-corrected chi connectivity index (χ4v) is 5.35. The van der Waals surface area contributed by atoms with E-state index in [-0.39, 0.29) is 24.2 Å². The fourth-order valence-electron chi connectivity index (χ4n) is 5.35. The van der Waals surface area contributed by atoms with Crippen molar-refractivity contribution in [3.63, 3.8) is 0 Å². The van der Waals surface area contributed by atoms with Gasteiger partial charge in [-0.25, -0.2) is 0 Å². The van der Waals surface area contributed by atoms with Gasteiger partial charge in [0.1, 0.15) is 12.4 Å². The summed E-state index contributed by atoms with van der Waals surface area (Å²) in [5, 5.41) is 15.8. The lowest BCUT2D eigenvalue weighted by atomic mass is 9.92. The van der Waals surface area contributed by atoms with Crippen molar-refractivity contribution in [2.75, 3.05) is 26.2 Å². The summed E-state index contributed by atoms with van der Waals surface area (Å²) in [4.78, 5) is 39.6. The summed E-state index contributed by atoms with van der Waals surface area (Å²) in [6.07, 6.45) is 4.87. The quantitative estimate of drug-likeness (QED) is 0.414. The molecule has 2 aliphatic heterocycles. The van der Waals surface area contributed by atoms with Crippen LogP contribution >= 0.6 is 0 Å². The average Bonchev–Trinajstić information content (AvgIpc) is 2.95. The van der Waals surface area contributed by atoms with Crippen molar-refractivity contribution in [3.05, 3.63) is 65.7 Å². The zero-order chi connectivity index (χ0) is 26.7. The molecular formula is C30H39N3O5. The molecular weight excluding hydrogens is 482 g/mol. The molecule has 2 amide bonds. The first-order valence-corrected chi connectivity index (χ1v) is 13.8. The van der Waals surface area contributed by atoms with Crippen LogP contribution in [0.4, 0.5) is 0 Å². The molecule has 2 aromatic carbocycles. The topological polar surface area (TPSA) is 108 Å². The molecule has 2 saturated heterocycles. The minimum Gasteiger partial charge on any atom is -0.489 e. The van der Waals surface area contributed by atoms with Crippen LogP contribution in [0.2, 0.25) is 0 Å². The number of piperidine rings is 2. The number of nitrogens with one attached hydrogen (secondary N) is 2. The van der Waals surface area contributed by atoms with Gasteiger partial charge in [-0.15, -0.1) is 0 Å². The van der Waals surface area contributed by atoms with Gasteiger partial charge in [0, 0.05) is 19.5 Å². The van der Waals surface area contributed by atoms with E-state index in [0.29, 0.717) is 49.8 Å². The Hall–Kier alpha value is -3.39. The molecule has 0 spiro atoms. The molecule has 2 heterocycles. The van der Waals surface area contributed by atoms with Gasteiger partial charge in [-0.3, -0.25) is 14.4 Å². The summed E-state index contributed by atoms with van der Waals surface area (Å²) in [6.45, 7) is 3.49. The summed E-state index contributed by atoms with van der Waals surface area (Å²) in [5.41, 5.74) is 1.71. The highest BCUT2D eigenvalue weighted by atomic mass is 16.5. The lowest BCUT2D eigenvalue weighted by Crippen LogP contribution is -2.46. The summed E-state index contributed by atoms with van der Waals surface area (Å²) in [7, 11) is 0. The van der Waals surface area contributed by atoms with Gasteiger partial charge in [0.05, 0.1) is 18.4 Å². The first-order valence-electron chi connectivity index (χ1n) is 13.8. The minimum atomic E-state index is -0.996. The Balaban J connectivity index is 1.34. The normalized spacial score (nSPS) is 18.9. The fraction of sp³-hybridized carbons (Fsp3) is 0.500. The predicted octanol–water partition coefficient (Wildman–Crippen LogP) is 3.92. The van der Waals surface area contributed by atoms with Crippen molar-refractivity contribution in [2.45, 2.75) is 57.6 Å². The Morgan fingerprint density at radius 3 is 2.61 bits per heavy atom. The number of benzene rings is 2. The molecule has 0 saturated carbocycles. The Morgan fingerprint density at radius 2 is 1.84 bits per heavy atom. The Bertz CT molecular complexity index is 1070. The van der Waals surface area contributed by atoms with E-state index in [0.717, 1.165) is 44.3 Å². The molecule has 8 heteroatoms. The first-order chi connectivity index (χ1) is 18.5. The van der Waals surface area contributed by atoms with Gasteiger partial charge in [-0.05, 0) is 74.4 Å². The first kappa shape index (κ1) is 27.6. The highest BCUT2D eigenvalue weighted by molar-refractivity contribution is 5.82. The standard InChI is InChI=1S/C30H39N3O5/c34-28(12-11-22-13-15-31-16-14-22)33-17-5-9-25(20-33)30(37)32-27(19-29(35)36)24-8-4-10-26(18-24)38-21-23-6-2-1-3-7-23/h1-4,6-8,10,18,22,25,27,31H,5,9,11-17,19-21H2,(H,32,37)(H,35,36)/t25-,27+/m1/s1. The second-order valence-electron chi connectivity index (χ2n) is 10.4. The summed E-state index contributed by atoms with van der Waals surface area (Å²) in [5.74, 6) is -0.230. The molecule has 2 fully saturated rings. The average molecular weight is 522 g/mol. The molecule has 38 heavy (non-hydrogen) atoms. The number of nitrogens with zero attached hydrogens (tertiary/aromatic N) is 1. The van der Waals surface area contributed by atoms with Crippen LogP contribution in [0.1, 0.15) is 62.1 Å². The van der Waals surface area contributed by atoms with E-state index in [2.05, 4.69) is 10.6 Å². The number of aliphatic carboxylic acids is 1. The number of amides is 2. The number of rotatable bonds is 11. The van der Waals surface area contributed by atoms with E-state index in [4.69, 9.17) is 4.74 Å². The number of carboxylic acids is 1. The molecule has 0 aliphatic carbocycles. The monoisotopic (exact) mass is 521 g/mol. The van der Waals surface area contributed by atoms with Crippen molar-refractivity contribution < 1.29 is 24.2 Å². The van der Waals surface area contributed by atoms with Crippen LogP contribution in [0.15, 0.2) is 54.6 Å². The zero-order valence-corrected chi connectivity index (χ0v) is 21.9. The van der Waals surface area contributed by atoms with Gasteiger partial charge in [-0.1, -0.05) is 42.5 Å². The molecule has 0 aromatic heterocycles. The second kappa shape index (κ2) is 14.0. The lowest BCUT2D eigenvalue weighted by molar-refractivity contribution is -0.138. The maximum atomic E-state index is 13.3. The van der Waals surface area contributed by atoms with Gasteiger partial charge in [-0.2, -0.15) is 0 Å². The van der Waals surface area contributed by atoms with Crippen LogP contribution in [-0.4, -0.2) is 54.0 Å². The number of carbonyl (C=O) groups is 3. The number of hydrogen-bond acceptors (Lipinski definition) is 5. The molecule has 0 radical (unpaired) electrons. The lowest BCUT2D eigenvalue weighted by Gasteiger charge is -2.33. The molecule has 0 bridgehead atoms. The van der Waals surface area contributed by atoms with E-state index >= 15 is 0 Å². The molecule has 8 nitrogen and oxygen atoms in total. The van der Waals surface area contributed by atoms with Crippen LogP contribution in [0, 0.1) is 11.8 Å². The van der Waals surface area contributed by atoms with E-state index in [1.807, 2.05) is 41.3 Å². The molecule has 4 rings (SSSR count).